The summed E-state index contributed by atoms with van der Waals surface area (Å²) in [6.45, 7) is 0. The molecule has 3 spiro atoms. The molecule has 17 heteroatoms. The first-order chi connectivity index (χ1) is 67.0. The minimum Gasteiger partial charge on any atom is -0.337 e. The molecule has 40 rings (SSSR count). The van der Waals surface area contributed by atoms with Gasteiger partial charge in [-0.2, -0.15) is 13.7 Å². The highest BCUT2D eigenvalue weighted by molar-refractivity contribution is 6.24. The molecule has 606 valence electrons. The number of aromatic amines is 2. The third-order valence-corrected chi connectivity index (χ3v) is 34.1. The highest BCUT2D eigenvalue weighted by Crippen LogP contribution is 2.58. The number of imidazole rings is 2. The fourth-order valence-electron chi connectivity index (χ4n) is 29.7. The summed E-state index contributed by atoms with van der Waals surface area (Å²) in [6, 6.07) is 118. The summed E-state index contributed by atoms with van der Waals surface area (Å²) in [5.74, 6) is -1.21. The molecule has 2 N–H and O–H groups in total. The van der Waals surface area contributed by atoms with E-state index in [1.165, 1.54) is 222 Å². The molecule has 11 aromatic heterocycles. The molecule has 3 atom stereocenters. The number of aromatic nitrogens is 13. The lowest BCUT2D eigenvalue weighted by Crippen LogP contribution is -2.85. The average Bonchev–Trinajstić information content (AvgIpc) is 1.46. The molecule has 0 radical (unpaired) electrons. The molecule has 0 aliphatic carbocycles. The first-order valence-electron chi connectivity index (χ1n) is 47.0. The van der Waals surface area contributed by atoms with E-state index in [1.807, 2.05) is 0 Å². The Labute approximate surface area is 758 Å². The van der Waals surface area contributed by atoms with Gasteiger partial charge < -0.3 is 9.97 Å². The number of nitrogens with one attached hydrogen (secondary N) is 2. The van der Waals surface area contributed by atoms with Gasteiger partial charge in [0.1, 0.15) is 39.4 Å². The SMILES string of the molecule is C1=c2cccc3c2=[N+]2C1=C(c1ccccc1)c1cc4cccc5c4n1C21[n+]2c-5ccc4c5c(c6ccc-3[n+]1c6c42)N=C(c1cc(-c2nc3c4ccc6[n+]7c4c4c(ccc8[n+]4C74n7c(cc9cccc-8c97)C(c7ccccc7)=C7C=c8cccc-6c8=[N+]74)c3[nH]2)cc(-c2nc3c4ccc6[n+]7c4c4c(ccc8[n+]4C74n7c(cc9cccc-8c97)C(c7ccccc7)=C7C=c8cccc-6c8=[N+]74)c3[nH]2)c1)C5. The second-order valence-electron chi connectivity index (χ2n) is 39.6. The van der Waals surface area contributed by atoms with E-state index in [1.54, 1.807) is 0 Å². The smallest absolute Gasteiger partial charge is 0.337 e. The highest BCUT2D eigenvalue weighted by atomic mass is 15.7. The fourth-order valence-corrected chi connectivity index (χ4v) is 29.7. The maximum atomic E-state index is 6.20. The molecule has 17 nitrogen and oxygen atoms in total. The molecule has 135 heavy (non-hydrogen) atoms. The van der Waals surface area contributed by atoms with E-state index < -0.39 is 17.7 Å². The van der Waals surface area contributed by atoms with Crippen LogP contribution < -0.4 is 72.9 Å². The summed E-state index contributed by atoms with van der Waals surface area (Å²) in [7, 11) is 0. The number of nitrogens with zero attached hydrogens (tertiary/aromatic N) is 15. The summed E-state index contributed by atoms with van der Waals surface area (Å²) >= 11 is 0. The van der Waals surface area contributed by atoms with Gasteiger partial charge in [0.25, 0.3) is 0 Å². The van der Waals surface area contributed by atoms with Gasteiger partial charge in [-0.1, -0.05) is 146 Å². The molecule has 0 amide bonds. The third kappa shape index (κ3) is 6.20. The Morgan fingerprint density at radius 2 is 0.607 bits per heavy atom. The van der Waals surface area contributed by atoms with Crippen molar-refractivity contribution in [3.05, 3.63) is 403 Å². The number of para-hydroxylation sites is 6. The number of allylic oxidation sites excluding steroid dienone is 3. The summed E-state index contributed by atoms with van der Waals surface area (Å²) in [5.41, 5.74) is 49.3. The van der Waals surface area contributed by atoms with Crippen molar-refractivity contribution in [3.8, 4) is 90.3 Å². The Morgan fingerprint density at radius 3 is 1.01 bits per heavy atom. The van der Waals surface area contributed by atoms with Gasteiger partial charge in [0.05, 0.1) is 137 Å². The van der Waals surface area contributed by atoms with Crippen molar-refractivity contribution < 1.29 is 27.4 Å². The zero-order valence-corrected chi connectivity index (χ0v) is 71.1. The molecule has 0 bridgehead atoms. The Morgan fingerprint density at radius 1 is 0.281 bits per heavy atom. The van der Waals surface area contributed by atoms with Crippen LogP contribution >= 0.6 is 0 Å². The van der Waals surface area contributed by atoms with Gasteiger partial charge >= 0.3 is 50.8 Å². The fraction of sp³-hybridized carbons (Fsp3) is 0.0339. The van der Waals surface area contributed by atoms with Crippen LogP contribution in [-0.2, 0) is 24.2 Å². The predicted octanol–water partition coefficient (Wildman–Crippen LogP) is 14.0. The largest absolute Gasteiger partial charge is 0.667 e. The molecule has 0 saturated carbocycles. The monoisotopic (exact) mass is 1710 g/mol. The van der Waals surface area contributed by atoms with E-state index in [0.29, 0.717) is 6.42 Å². The average molecular weight is 1710 g/mol. The number of hydrogen-bond donors (Lipinski definition) is 2. The van der Waals surface area contributed by atoms with Crippen molar-refractivity contribution in [1.82, 2.24) is 47.4 Å². The van der Waals surface area contributed by atoms with Gasteiger partial charge in [0, 0.05) is 88.3 Å². The summed E-state index contributed by atoms with van der Waals surface area (Å²) in [5, 5.41) is 17.7. The van der Waals surface area contributed by atoms with E-state index >= 15 is 0 Å². The van der Waals surface area contributed by atoms with Crippen molar-refractivity contribution in [2.45, 2.75) is 24.2 Å². The molecule has 0 fully saturated rings. The van der Waals surface area contributed by atoms with E-state index in [0.717, 1.165) is 111 Å². The van der Waals surface area contributed by atoms with Gasteiger partial charge in [-0.05, 0) is 196 Å². The van der Waals surface area contributed by atoms with Crippen LogP contribution in [0.15, 0.2) is 331 Å². The Balaban J connectivity index is 0.577. The first-order valence-corrected chi connectivity index (χ1v) is 47.0. The number of aliphatic imine (C=N–C) groups is 1. The van der Waals surface area contributed by atoms with E-state index in [-0.39, 0.29) is 0 Å². The zero-order chi connectivity index (χ0) is 85.5. The number of rotatable bonds is 6. The van der Waals surface area contributed by atoms with E-state index in [2.05, 4.69) is 392 Å². The minimum absolute atomic E-state index is 0.576. The number of pyridine rings is 6. The molecule has 13 aromatic carbocycles. The molecule has 24 aromatic rings. The summed E-state index contributed by atoms with van der Waals surface area (Å²) < 4.78 is 32.5. The number of H-pyrrole nitrogens is 2. The topological polar surface area (TPSA) is 117 Å². The Hall–Kier alpha value is -18.2. The van der Waals surface area contributed by atoms with Crippen LogP contribution in [0.2, 0.25) is 0 Å². The highest BCUT2D eigenvalue weighted by Gasteiger charge is 2.84. The molecule has 0 saturated heterocycles. The van der Waals surface area contributed by atoms with Gasteiger partial charge in [-0.15, -0.1) is 0 Å². The van der Waals surface area contributed by atoms with Crippen LogP contribution in [0.1, 0.15) is 44.9 Å². The molecule has 27 heterocycles. The zero-order valence-electron chi connectivity index (χ0n) is 71.1. The van der Waals surface area contributed by atoms with Crippen LogP contribution in [0.3, 0.4) is 0 Å². The lowest BCUT2D eigenvalue weighted by atomic mass is 9.95. The van der Waals surface area contributed by atoms with Gasteiger partial charge in [-0.3, -0.25) is 4.99 Å². The normalized spacial score (nSPS) is 19.1. The van der Waals surface area contributed by atoms with Crippen molar-refractivity contribution in [1.29, 1.82) is 0 Å². The van der Waals surface area contributed by atoms with Crippen molar-refractivity contribution in [3.63, 3.8) is 0 Å². The number of fused-ring (bicyclic) bond motifs is 15. The van der Waals surface area contributed by atoms with Crippen molar-refractivity contribution in [2.75, 3.05) is 0 Å². The van der Waals surface area contributed by atoms with Crippen molar-refractivity contribution in [2.24, 2.45) is 4.99 Å². The van der Waals surface area contributed by atoms with E-state index in [9.17, 15) is 0 Å². The predicted molar refractivity (Wildman–Crippen MR) is 517 cm³/mol. The van der Waals surface area contributed by atoms with Crippen LogP contribution in [0.25, 0.3) is 245 Å². The second kappa shape index (κ2) is 20.1. The minimum atomic E-state index is -0.914. The standard InChI is InChI=1S/C118H56N17/c1-4-16-56(17-5-1)94-88-49-59-22-10-28-69-82-40-34-68-80-55-81(119-97(80)75-35-41-83-70-29-11-23-60-50-89(94)131(103(60)70)116(130(88)102(59)69)124(82)108(68)109(75)125(83)116)65-46-66(114-120-98-76-36-42-84-71-30-12-24-61-51-90-95(57-18-6-2-7-19-57)91-52-62-25-13-31-72-85-43-37-77(99(98)121-114)111-110(76)126(84)117(127(85)111,132(90)104(61)71)133(91)105(62)72)48-67(47-65)115-122-100-78-38-44-86-73-32-14-26-63-53-92-96(58-20-8-3-9-21-58)93-54-64-27-15-33-74-87-45-39-79(101(100)123-115)113-112(78)128(86)118(129(87)113,134(92)106(63)73)135(93)107(64)74/h1-54H,55H2/q+7/p+2. The van der Waals surface area contributed by atoms with E-state index in [4.69, 9.17) is 15.0 Å². The van der Waals surface area contributed by atoms with Gasteiger partial charge in [0.15, 0.2) is 0 Å². The van der Waals surface area contributed by atoms with Crippen LogP contribution in [-0.4, -0.2) is 39.3 Å². The molecule has 3 unspecified atom stereocenters. The Bertz CT molecular complexity index is 10900. The van der Waals surface area contributed by atoms with Crippen LogP contribution in [0.4, 0.5) is 5.69 Å². The molecular formula is C118H58N17+9. The maximum Gasteiger partial charge on any atom is 0.667 e. The van der Waals surface area contributed by atoms with Gasteiger partial charge in [0.2, 0.25) is 67.3 Å². The Kier molecular flexibility index (Phi) is 9.58. The van der Waals surface area contributed by atoms with Crippen LogP contribution in [0.5, 0.6) is 0 Å². The third-order valence-electron chi connectivity index (χ3n) is 34.1. The lowest BCUT2D eigenvalue weighted by Gasteiger charge is -2.31. The van der Waals surface area contributed by atoms with Gasteiger partial charge in [-0.25, -0.2) is 9.97 Å². The maximum absolute atomic E-state index is 6.20. The molecule has 16 aliphatic rings. The number of benzene rings is 13. The second-order valence-corrected chi connectivity index (χ2v) is 39.6. The van der Waals surface area contributed by atoms with Crippen LogP contribution in [0, 0.1) is 0 Å². The lowest BCUT2D eigenvalue weighted by molar-refractivity contribution is -0.968. The first kappa shape index (κ1) is 64.5. The number of hydrogen-bond acceptors (Lipinski definition) is 3. The summed E-state index contributed by atoms with van der Waals surface area (Å²) in [6.07, 6.45) is 7.97. The molecule has 16 aliphatic heterocycles. The quantitative estimate of drug-likeness (QED) is 0.127. The molecular weight excluding hydrogens is 1660 g/mol. The summed E-state index contributed by atoms with van der Waals surface area (Å²) in [4.78, 5) is 26.9. The van der Waals surface area contributed by atoms with Crippen molar-refractivity contribution >= 4 is 167 Å².